The van der Waals surface area contributed by atoms with Gasteiger partial charge in [0.05, 0.1) is 0 Å². The smallest absolute Gasteiger partial charge is 0.0490 e. The number of methoxy groups -OCH3 is 1. The molecule has 1 rings (SSSR count). The molecule has 0 aromatic carbocycles. The molecule has 2 N–H and O–H groups in total. The summed E-state index contributed by atoms with van der Waals surface area (Å²) in [5.41, 5.74) is 5.59. The first-order chi connectivity index (χ1) is 5.36. The third kappa shape index (κ3) is 2.80. The Labute approximate surface area is 69.1 Å². The SMILES string of the molecule is COC[C@H]1CC[C@H](CN)CC1. The van der Waals surface area contributed by atoms with E-state index in [1.54, 1.807) is 7.11 Å². The van der Waals surface area contributed by atoms with Gasteiger partial charge in [-0.15, -0.1) is 0 Å². The molecule has 0 aromatic rings. The van der Waals surface area contributed by atoms with Crippen LogP contribution in [0.15, 0.2) is 0 Å². The maximum atomic E-state index is 5.59. The topological polar surface area (TPSA) is 35.2 Å². The number of ether oxygens (including phenoxy) is 1. The molecule has 0 bridgehead atoms. The van der Waals surface area contributed by atoms with Gasteiger partial charge >= 0.3 is 0 Å². The molecule has 0 amide bonds. The van der Waals surface area contributed by atoms with Crippen LogP contribution in [0.3, 0.4) is 0 Å². The Kier molecular flexibility index (Phi) is 3.87. The summed E-state index contributed by atoms with van der Waals surface area (Å²) < 4.78 is 5.12. The first kappa shape index (κ1) is 9.01. The molecule has 0 spiro atoms. The molecule has 2 nitrogen and oxygen atoms in total. The molecule has 11 heavy (non-hydrogen) atoms. The van der Waals surface area contributed by atoms with Crippen LogP contribution >= 0.6 is 0 Å². The van der Waals surface area contributed by atoms with Crippen LogP contribution in [0.5, 0.6) is 0 Å². The summed E-state index contributed by atoms with van der Waals surface area (Å²) in [7, 11) is 1.79. The van der Waals surface area contributed by atoms with Gasteiger partial charge in [-0.05, 0) is 44.1 Å². The van der Waals surface area contributed by atoms with Gasteiger partial charge in [0.2, 0.25) is 0 Å². The van der Waals surface area contributed by atoms with Gasteiger partial charge in [-0.1, -0.05) is 0 Å². The van der Waals surface area contributed by atoms with Crippen LogP contribution in [0.4, 0.5) is 0 Å². The van der Waals surface area contributed by atoms with Crippen LogP contribution < -0.4 is 5.73 Å². The summed E-state index contributed by atoms with van der Waals surface area (Å²) in [4.78, 5) is 0. The molecule has 0 heterocycles. The van der Waals surface area contributed by atoms with Gasteiger partial charge in [0.15, 0.2) is 0 Å². The lowest BCUT2D eigenvalue weighted by Gasteiger charge is -2.26. The van der Waals surface area contributed by atoms with E-state index >= 15 is 0 Å². The minimum Gasteiger partial charge on any atom is -0.384 e. The lowest BCUT2D eigenvalue weighted by Crippen LogP contribution is -2.23. The van der Waals surface area contributed by atoms with Crippen molar-refractivity contribution in [2.24, 2.45) is 17.6 Å². The Hall–Kier alpha value is -0.0800. The van der Waals surface area contributed by atoms with Crippen LogP contribution in [-0.4, -0.2) is 20.3 Å². The molecule has 1 saturated carbocycles. The Bertz CT molecular complexity index is 97.7. The van der Waals surface area contributed by atoms with Crippen molar-refractivity contribution in [2.45, 2.75) is 25.7 Å². The number of rotatable bonds is 3. The summed E-state index contributed by atoms with van der Waals surface area (Å²) >= 11 is 0. The predicted octanol–water partition coefficient (Wildman–Crippen LogP) is 1.40. The van der Waals surface area contributed by atoms with Crippen LogP contribution in [0, 0.1) is 11.8 Å². The monoisotopic (exact) mass is 157 g/mol. The summed E-state index contributed by atoms with van der Waals surface area (Å²) in [6.45, 7) is 1.82. The van der Waals surface area contributed by atoms with Crippen LogP contribution in [-0.2, 0) is 4.74 Å². The maximum absolute atomic E-state index is 5.59. The minimum absolute atomic E-state index is 0.795. The van der Waals surface area contributed by atoms with E-state index < -0.39 is 0 Å². The Morgan fingerprint density at radius 1 is 1.18 bits per heavy atom. The standard InChI is InChI=1S/C9H19NO/c1-11-7-9-4-2-8(6-10)3-5-9/h8-9H,2-7,10H2,1H3/t8-,9-. The molecule has 66 valence electrons. The average Bonchev–Trinajstić information content (AvgIpc) is 2.07. The van der Waals surface area contributed by atoms with Crippen LogP contribution in [0.1, 0.15) is 25.7 Å². The van der Waals surface area contributed by atoms with Gasteiger partial charge in [0.1, 0.15) is 0 Å². The fourth-order valence-corrected chi connectivity index (χ4v) is 1.87. The third-order valence-corrected chi connectivity index (χ3v) is 2.70. The highest BCUT2D eigenvalue weighted by Gasteiger charge is 2.19. The van der Waals surface area contributed by atoms with Crippen molar-refractivity contribution in [3.63, 3.8) is 0 Å². The zero-order valence-corrected chi connectivity index (χ0v) is 7.38. The van der Waals surface area contributed by atoms with Crippen molar-refractivity contribution in [3.8, 4) is 0 Å². The molecule has 0 radical (unpaired) electrons. The van der Waals surface area contributed by atoms with Gasteiger partial charge in [-0.2, -0.15) is 0 Å². The fourth-order valence-electron chi connectivity index (χ4n) is 1.87. The van der Waals surface area contributed by atoms with Crippen molar-refractivity contribution in [3.05, 3.63) is 0 Å². The Balaban J connectivity index is 2.14. The molecule has 1 fully saturated rings. The molecule has 0 atom stereocenters. The zero-order chi connectivity index (χ0) is 8.10. The van der Waals surface area contributed by atoms with Crippen molar-refractivity contribution in [1.29, 1.82) is 0 Å². The summed E-state index contributed by atoms with van der Waals surface area (Å²) in [5.74, 6) is 1.60. The second kappa shape index (κ2) is 4.73. The fraction of sp³-hybridized carbons (Fsp3) is 1.00. The highest BCUT2D eigenvalue weighted by atomic mass is 16.5. The van der Waals surface area contributed by atoms with E-state index in [2.05, 4.69) is 0 Å². The number of nitrogens with two attached hydrogens (primary N) is 1. The van der Waals surface area contributed by atoms with E-state index in [1.807, 2.05) is 0 Å². The molecule has 0 unspecified atom stereocenters. The van der Waals surface area contributed by atoms with Gasteiger partial charge in [0.25, 0.3) is 0 Å². The molecule has 0 aromatic heterocycles. The summed E-state index contributed by atoms with van der Waals surface area (Å²) in [6, 6.07) is 0. The highest BCUT2D eigenvalue weighted by Crippen LogP contribution is 2.27. The molecular formula is C9H19NO. The molecule has 0 saturated heterocycles. The predicted molar refractivity (Wildman–Crippen MR) is 46.4 cm³/mol. The van der Waals surface area contributed by atoms with E-state index in [9.17, 15) is 0 Å². The first-order valence-electron chi connectivity index (χ1n) is 4.55. The van der Waals surface area contributed by atoms with Crippen molar-refractivity contribution in [2.75, 3.05) is 20.3 Å². The van der Waals surface area contributed by atoms with Gasteiger partial charge in [0, 0.05) is 13.7 Å². The van der Waals surface area contributed by atoms with E-state index in [-0.39, 0.29) is 0 Å². The molecular weight excluding hydrogens is 138 g/mol. The molecule has 2 heteroatoms. The first-order valence-corrected chi connectivity index (χ1v) is 4.55. The van der Waals surface area contributed by atoms with Gasteiger partial charge in [-0.3, -0.25) is 0 Å². The second-order valence-corrected chi connectivity index (χ2v) is 3.58. The summed E-state index contributed by atoms with van der Waals surface area (Å²) in [5, 5.41) is 0. The average molecular weight is 157 g/mol. The second-order valence-electron chi connectivity index (χ2n) is 3.58. The van der Waals surface area contributed by atoms with Crippen LogP contribution in [0.2, 0.25) is 0 Å². The van der Waals surface area contributed by atoms with Crippen molar-refractivity contribution >= 4 is 0 Å². The molecule has 0 aliphatic heterocycles. The van der Waals surface area contributed by atoms with E-state index in [0.29, 0.717) is 0 Å². The van der Waals surface area contributed by atoms with Crippen molar-refractivity contribution in [1.82, 2.24) is 0 Å². The normalized spacial score (nSPS) is 32.2. The van der Waals surface area contributed by atoms with E-state index in [4.69, 9.17) is 10.5 Å². The number of hydrogen-bond acceptors (Lipinski definition) is 2. The lowest BCUT2D eigenvalue weighted by atomic mass is 9.82. The number of hydrogen-bond donors (Lipinski definition) is 1. The van der Waals surface area contributed by atoms with E-state index in [0.717, 1.165) is 25.0 Å². The van der Waals surface area contributed by atoms with E-state index in [1.165, 1.54) is 25.7 Å². The zero-order valence-electron chi connectivity index (χ0n) is 7.38. The molecule has 1 aliphatic rings. The van der Waals surface area contributed by atoms with Gasteiger partial charge in [-0.25, -0.2) is 0 Å². The minimum atomic E-state index is 0.795. The van der Waals surface area contributed by atoms with Gasteiger partial charge < -0.3 is 10.5 Å². The Morgan fingerprint density at radius 3 is 2.18 bits per heavy atom. The largest absolute Gasteiger partial charge is 0.384 e. The van der Waals surface area contributed by atoms with Crippen molar-refractivity contribution < 1.29 is 4.74 Å². The maximum Gasteiger partial charge on any atom is 0.0490 e. The lowest BCUT2D eigenvalue weighted by molar-refractivity contribution is 0.120. The third-order valence-electron chi connectivity index (χ3n) is 2.70. The van der Waals surface area contributed by atoms with Crippen LogP contribution in [0.25, 0.3) is 0 Å². The summed E-state index contributed by atoms with van der Waals surface area (Å²) in [6.07, 6.45) is 5.25. The molecule has 1 aliphatic carbocycles. The Morgan fingerprint density at radius 2 is 1.73 bits per heavy atom. The highest BCUT2D eigenvalue weighted by molar-refractivity contribution is 4.72. The quantitative estimate of drug-likeness (QED) is 0.672.